The van der Waals surface area contributed by atoms with Gasteiger partial charge in [0.05, 0.1) is 30.4 Å². The summed E-state index contributed by atoms with van der Waals surface area (Å²) in [6.45, 7) is 2.54. The largest absolute Gasteiger partial charge is 0.493 e. The van der Waals surface area contributed by atoms with Gasteiger partial charge in [0.2, 0.25) is 0 Å². The first-order chi connectivity index (χ1) is 15.1. The lowest BCUT2D eigenvalue weighted by Crippen LogP contribution is -2.23. The number of ether oxygens (including phenoxy) is 2. The van der Waals surface area contributed by atoms with Crippen LogP contribution in [-0.2, 0) is 4.79 Å². The molecule has 2 N–H and O–H groups in total. The molecule has 0 spiro atoms. The number of hydrogen-bond acceptors (Lipinski definition) is 6. The quantitative estimate of drug-likeness (QED) is 0.334. The third kappa shape index (κ3) is 5.32. The van der Waals surface area contributed by atoms with Gasteiger partial charge in [0.15, 0.2) is 11.5 Å². The predicted molar refractivity (Wildman–Crippen MR) is 120 cm³/mol. The van der Waals surface area contributed by atoms with Gasteiger partial charge in [-0.1, -0.05) is 18.2 Å². The smallest absolute Gasteiger partial charge is 0.290 e. The second kappa shape index (κ2) is 10.8. The van der Waals surface area contributed by atoms with Crippen LogP contribution >= 0.6 is 0 Å². The minimum absolute atomic E-state index is 0.250. The summed E-state index contributed by atoms with van der Waals surface area (Å²) in [5.41, 5.74) is 2.82. The first-order valence-electron chi connectivity index (χ1n) is 10.3. The van der Waals surface area contributed by atoms with Crippen molar-refractivity contribution in [3.05, 3.63) is 36.4 Å². The second-order valence-electron chi connectivity index (χ2n) is 7.27. The minimum atomic E-state index is -0.677. The molecule has 1 saturated heterocycles. The van der Waals surface area contributed by atoms with Crippen molar-refractivity contribution < 1.29 is 23.8 Å². The summed E-state index contributed by atoms with van der Waals surface area (Å²) in [5, 5.41) is 12.3. The molecule has 2 heterocycles. The van der Waals surface area contributed by atoms with E-state index in [0.29, 0.717) is 31.1 Å². The van der Waals surface area contributed by atoms with E-state index in [1.807, 2.05) is 37.4 Å². The SMILES string of the molecule is CNc1c2ccccc2nc2cc(OCCCN3CCC(F)C3)c(OC)cc12.O=CO. The highest BCUT2D eigenvalue weighted by Crippen LogP contribution is 2.38. The number of fused-ring (bicyclic) bond motifs is 2. The molecule has 166 valence electrons. The fourth-order valence-electron chi connectivity index (χ4n) is 3.90. The minimum Gasteiger partial charge on any atom is -0.493 e. The number of carbonyl (C=O) groups is 1. The Kier molecular flexibility index (Phi) is 7.83. The highest BCUT2D eigenvalue weighted by Gasteiger charge is 2.21. The van der Waals surface area contributed by atoms with Crippen molar-refractivity contribution in [3.63, 3.8) is 0 Å². The van der Waals surface area contributed by atoms with Gasteiger partial charge in [-0.3, -0.25) is 4.79 Å². The summed E-state index contributed by atoms with van der Waals surface area (Å²) in [6.07, 6.45) is 0.817. The molecule has 1 aliphatic rings. The van der Waals surface area contributed by atoms with E-state index in [-0.39, 0.29) is 6.47 Å². The molecule has 2 aromatic carbocycles. The standard InChI is InChI=1S/C22H26FN3O2.CH2O2/c1-24-22-16-6-3-4-7-18(16)25-19-13-21(20(27-2)12-17(19)22)28-11-5-9-26-10-8-15(23)14-26;2-1-3/h3-4,6-7,12-13,15H,5,8-11,14H2,1-2H3,(H,24,25);1H,(H,2,3). The number of halogens is 1. The van der Waals surface area contributed by atoms with Gasteiger partial charge in [0, 0.05) is 43.5 Å². The van der Waals surface area contributed by atoms with Gasteiger partial charge in [0.1, 0.15) is 6.17 Å². The Balaban J connectivity index is 0.000000858. The van der Waals surface area contributed by atoms with Crippen molar-refractivity contribution in [1.82, 2.24) is 9.88 Å². The Bertz CT molecular complexity index is 1030. The summed E-state index contributed by atoms with van der Waals surface area (Å²) in [7, 11) is 3.56. The molecule has 1 aromatic heterocycles. The lowest BCUT2D eigenvalue weighted by Gasteiger charge is -2.17. The van der Waals surface area contributed by atoms with Gasteiger partial charge < -0.3 is 24.8 Å². The number of rotatable bonds is 7. The van der Waals surface area contributed by atoms with Crippen LogP contribution in [0.15, 0.2) is 36.4 Å². The molecule has 3 aromatic rings. The molecule has 7 nitrogen and oxygen atoms in total. The average Bonchev–Trinajstić information content (AvgIpc) is 3.20. The van der Waals surface area contributed by atoms with E-state index in [4.69, 9.17) is 24.4 Å². The lowest BCUT2D eigenvalue weighted by molar-refractivity contribution is -0.122. The van der Waals surface area contributed by atoms with Crippen LogP contribution in [0.4, 0.5) is 10.1 Å². The van der Waals surface area contributed by atoms with Gasteiger partial charge in [0.25, 0.3) is 6.47 Å². The van der Waals surface area contributed by atoms with Gasteiger partial charge in [-0.15, -0.1) is 0 Å². The molecule has 4 rings (SSSR count). The summed E-state index contributed by atoms with van der Waals surface area (Å²) in [6, 6.07) is 12.0. The van der Waals surface area contributed by atoms with E-state index in [9.17, 15) is 4.39 Å². The first kappa shape index (κ1) is 22.6. The maximum atomic E-state index is 13.3. The van der Waals surface area contributed by atoms with E-state index >= 15 is 0 Å². The number of benzene rings is 2. The van der Waals surface area contributed by atoms with Crippen LogP contribution < -0.4 is 14.8 Å². The number of nitrogens with one attached hydrogen (secondary N) is 1. The number of aromatic nitrogens is 1. The molecule has 1 aliphatic heterocycles. The molecule has 0 saturated carbocycles. The van der Waals surface area contributed by atoms with Gasteiger partial charge in [-0.25, -0.2) is 9.37 Å². The Hall–Kier alpha value is -3.13. The van der Waals surface area contributed by atoms with Gasteiger partial charge >= 0.3 is 0 Å². The van der Waals surface area contributed by atoms with E-state index in [1.54, 1.807) is 7.11 Å². The Morgan fingerprint density at radius 1 is 1.26 bits per heavy atom. The van der Waals surface area contributed by atoms with Crippen molar-refractivity contribution in [3.8, 4) is 11.5 Å². The van der Waals surface area contributed by atoms with Crippen LogP contribution in [0.3, 0.4) is 0 Å². The maximum Gasteiger partial charge on any atom is 0.290 e. The van der Waals surface area contributed by atoms with Crippen LogP contribution in [0.25, 0.3) is 21.8 Å². The van der Waals surface area contributed by atoms with E-state index < -0.39 is 6.17 Å². The molecule has 1 unspecified atom stereocenters. The second-order valence-corrected chi connectivity index (χ2v) is 7.27. The van der Waals surface area contributed by atoms with Crippen LogP contribution in [-0.4, -0.2) is 68.0 Å². The molecule has 8 heteroatoms. The lowest BCUT2D eigenvalue weighted by atomic mass is 10.1. The normalized spacial score (nSPS) is 16.0. The number of alkyl halides is 1. The zero-order chi connectivity index (χ0) is 22.2. The Morgan fingerprint density at radius 3 is 2.71 bits per heavy atom. The van der Waals surface area contributed by atoms with E-state index in [1.165, 1.54) is 0 Å². The third-order valence-electron chi connectivity index (χ3n) is 5.31. The Labute approximate surface area is 180 Å². The summed E-state index contributed by atoms with van der Waals surface area (Å²) >= 11 is 0. The molecule has 1 atom stereocenters. The molecule has 0 bridgehead atoms. The zero-order valence-electron chi connectivity index (χ0n) is 17.8. The number of likely N-dealkylation sites (tertiary alicyclic amines) is 1. The van der Waals surface area contributed by atoms with Crippen LogP contribution in [0.1, 0.15) is 12.8 Å². The van der Waals surface area contributed by atoms with Crippen molar-refractivity contribution in [2.75, 3.05) is 45.7 Å². The molecule has 1 fully saturated rings. The molecule has 0 radical (unpaired) electrons. The molecular formula is C23H28FN3O4. The predicted octanol–water partition coefficient (Wildman–Crippen LogP) is 3.95. The fraction of sp³-hybridized carbons (Fsp3) is 0.391. The van der Waals surface area contributed by atoms with Gasteiger partial charge in [-0.2, -0.15) is 0 Å². The van der Waals surface area contributed by atoms with Crippen molar-refractivity contribution in [1.29, 1.82) is 0 Å². The zero-order valence-corrected chi connectivity index (χ0v) is 17.8. The van der Waals surface area contributed by atoms with Crippen LogP contribution in [0.5, 0.6) is 11.5 Å². The monoisotopic (exact) mass is 429 g/mol. The molecule has 31 heavy (non-hydrogen) atoms. The summed E-state index contributed by atoms with van der Waals surface area (Å²) in [4.78, 5) is 15.3. The molecule has 0 amide bonds. The number of methoxy groups -OCH3 is 1. The van der Waals surface area contributed by atoms with Crippen molar-refractivity contribution in [2.24, 2.45) is 0 Å². The number of pyridine rings is 1. The molecule has 0 aliphatic carbocycles. The average molecular weight is 429 g/mol. The van der Waals surface area contributed by atoms with Crippen molar-refractivity contribution in [2.45, 2.75) is 19.0 Å². The van der Waals surface area contributed by atoms with E-state index in [0.717, 1.165) is 47.0 Å². The topological polar surface area (TPSA) is 83.9 Å². The number of anilines is 1. The Morgan fingerprint density at radius 2 is 2.03 bits per heavy atom. The highest BCUT2D eigenvalue weighted by atomic mass is 19.1. The number of nitrogens with zero attached hydrogens (tertiary/aromatic N) is 2. The number of hydrogen-bond donors (Lipinski definition) is 2. The third-order valence-corrected chi connectivity index (χ3v) is 5.31. The first-order valence-corrected chi connectivity index (χ1v) is 10.3. The number of carboxylic acid groups (broad SMARTS) is 1. The maximum absolute atomic E-state index is 13.3. The molecular weight excluding hydrogens is 401 g/mol. The van der Waals surface area contributed by atoms with Crippen LogP contribution in [0.2, 0.25) is 0 Å². The fourth-order valence-corrected chi connectivity index (χ4v) is 3.90. The van der Waals surface area contributed by atoms with Crippen LogP contribution in [0, 0.1) is 0 Å². The summed E-state index contributed by atoms with van der Waals surface area (Å²) in [5.74, 6) is 1.37. The summed E-state index contributed by atoms with van der Waals surface area (Å²) < 4.78 is 24.8. The number of para-hydroxylation sites is 1. The highest BCUT2D eigenvalue weighted by molar-refractivity contribution is 6.08. The van der Waals surface area contributed by atoms with Gasteiger partial charge in [-0.05, 0) is 25.0 Å². The van der Waals surface area contributed by atoms with Crippen molar-refractivity contribution >= 4 is 34.0 Å². The van der Waals surface area contributed by atoms with E-state index in [2.05, 4.69) is 16.3 Å².